The van der Waals surface area contributed by atoms with Gasteiger partial charge in [-0.1, -0.05) is 17.7 Å². The van der Waals surface area contributed by atoms with Crippen LogP contribution in [0.5, 0.6) is 17.4 Å². The number of alkyl halides is 3. The van der Waals surface area contributed by atoms with Crippen LogP contribution < -0.4 is 20.1 Å². The summed E-state index contributed by atoms with van der Waals surface area (Å²) in [6.45, 7) is 0. The van der Waals surface area contributed by atoms with Gasteiger partial charge in [0, 0.05) is 11.9 Å². The number of carbonyl (C=O) groups is 1. The second-order valence-electron chi connectivity index (χ2n) is 5.91. The lowest BCUT2D eigenvalue weighted by atomic mass is 10.2. The Morgan fingerprint density at radius 3 is 2.57 bits per heavy atom. The standard InChI is InChI=1S/C20H15ClF3N3O3/c1-29-17-8-7-13(11-15(17)21)26-19(28)27-16-6-3-9-25-18(16)30-14-5-2-4-12(10-14)20(22,23)24/h2-11H,1H3,(H2,26,27,28). The first-order chi connectivity index (χ1) is 14.3. The average molecular weight is 438 g/mol. The first-order valence-corrected chi connectivity index (χ1v) is 8.86. The van der Waals surface area contributed by atoms with Gasteiger partial charge in [0.1, 0.15) is 17.2 Å². The highest BCUT2D eigenvalue weighted by atomic mass is 35.5. The Hall–Kier alpha value is -3.46. The van der Waals surface area contributed by atoms with E-state index in [2.05, 4.69) is 15.6 Å². The Morgan fingerprint density at radius 2 is 1.87 bits per heavy atom. The Bertz CT molecular complexity index is 1060. The van der Waals surface area contributed by atoms with Crippen molar-refractivity contribution in [2.45, 2.75) is 6.18 Å². The van der Waals surface area contributed by atoms with Crippen molar-refractivity contribution in [3.05, 3.63) is 71.4 Å². The molecule has 30 heavy (non-hydrogen) atoms. The van der Waals surface area contributed by atoms with Crippen LogP contribution in [0.1, 0.15) is 5.56 Å². The molecule has 1 heterocycles. The second-order valence-corrected chi connectivity index (χ2v) is 6.32. The van der Waals surface area contributed by atoms with Gasteiger partial charge in [0.25, 0.3) is 0 Å². The van der Waals surface area contributed by atoms with Crippen molar-refractivity contribution in [3.63, 3.8) is 0 Å². The predicted molar refractivity (Wildman–Crippen MR) is 106 cm³/mol. The lowest BCUT2D eigenvalue weighted by Crippen LogP contribution is -2.20. The van der Waals surface area contributed by atoms with Crippen LogP contribution >= 0.6 is 11.6 Å². The molecule has 0 fully saturated rings. The van der Waals surface area contributed by atoms with Crippen molar-refractivity contribution >= 4 is 29.0 Å². The number of anilines is 2. The van der Waals surface area contributed by atoms with Crippen LogP contribution in [-0.2, 0) is 6.18 Å². The monoisotopic (exact) mass is 437 g/mol. The Kier molecular flexibility index (Phi) is 6.31. The Labute approximate surface area is 174 Å². The minimum absolute atomic E-state index is 0.0697. The molecule has 0 unspecified atom stereocenters. The lowest BCUT2D eigenvalue weighted by Gasteiger charge is -2.13. The quantitative estimate of drug-likeness (QED) is 0.498. The van der Waals surface area contributed by atoms with Crippen LogP contribution in [0.25, 0.3) is 0 Å². The zero-order chi connectivity index (χ0) is 21.7. The van der Waals surface area contributed by atoms with Crippen molar-refractivity contribution in [3.8, 4) is 17.4 Å². The van der Waals surface area contributed by atoms with Gasteiger partial charge >= 0.3 is 12.2 Å². The third-order valence-electron chi connectivity index (χ3n) is 3.80. The average Bonchev–Trinajstić information content (AvgIpc) is 2.69. The SMILES string of the molecule is COc1ccc(NC(=O)Nc2cccnc2Oc2cccc(C(F)(F)F)c2)cc1Cl. The molecule has 10 heteroatoms. The lowest BCUT2D eigenvalue weighted by molar-refractivity contribution is -0.137. The number of methoxy groups -OCH3 is 1. The van der Waals surface area contributed by atoms with Crippen LogP contribution in [0.3, 0.4) is 0 Å². The third-order valence-corrected chi connectivity index (χ3v) is 4.10. The highest BCUT2D eigenvalue weighted by molar-refractivity contribution is 6.32. The molecule has 0 radical (unpaired) electrons. The fraction of sp³-hybridized carbons (Fsp3) is 0.100. The van der Waals surface area contributed by atoms with Gasteiger partial charge in [-0.2, -0.15) is 13.2 Å². The number of nitrogens with one attached hydrogen (secondary N) is 2. The summed E-state index contributed by atoms with van der Waals surface area (Å²) in [6, 6.07) is 11.4. The number of hydrogen-bond donors (Lipinski definition) is 2. The summed E-state index contributed by atoms with van der Waals surface area (Å²) in [6.07, 6.45) is -3.13. The number of carbonyl (C=O) groups excluding carboxylic acids is 1. The fourth-order valence-corrected chi connectivity index (χ4v) is 2.70. The molecule has 0 aliphatic carbocycles. The number of urea groups is 1. The van der Waals surface area contributed by atoms with Gasteiger partial charge in [-0.15, -0.1) is 0 Å². The summed E-state index contributed by atoms with van der Waals surface area (Å²) in [7, 11) is 1.47. The van der Waals surface area contributed by atoms with Crippen molar-refractivity contribution in [1.82, 2.24) is 4.98 Å². The fourth-order valence-electron chi connectivity index (χ4n) is 2.44. The van der Waals surface area contributed by atoms with E-state index in [0.717, 1.165) is 12.1 Å². The van der Waals surface area contributed by atoms with Gasteiger partial charge in [-0.3, -0.25) is 0 Å². The van der Waals surface area contributed by atoms with Gasteiger partial charge in [-0.25, -0.2) is 9.78 Å². The smallest absolute Gasteiger partial charge is 0.416 e. The summed E-state index contributed by atoms with van der Waals surface area (Å²) < 4.78 is 49.2. The van der Waals surface area contributed by atoms with E-state index < -0.39 is 17.8 Å². The summed E-state index contributed by atoms with van der Waals surface area (Å²) >= 11 is 6.03. The number of halogens is 4. The van der Waals surface area contributed by atoms with E-state index in [1.165, 1.54) is 37.6 Å². The largest absolute Gasteiger partial charge is 0.495 e. The van der Waals surface area contributed by atoms with E-state index in [4.69, 9.17) is 21.1 Å². The molecule has 0 atom stereocenters. The highest BCUT2D eigenvalue weighted by Crippen LogP contribution is 2.34. The van der Waals surface area contributed by atoms with Crippen molar-refractivity contribution in [2.24, 2.45) is 0 Å². The molecule has 2 aromatic carbocycles. The molecule has 1 aromatic heterocycles. The van der Waals surface area contributed by atoms with Crippen molar-refractivity contribution in [1.29, 1.82) is 0 Å². The minimum Gasteiger partial charge on any atom is -0.495 e. The molecule has 0 bridgehead atoms. The molecule has 0 saturated heterocycles. The molecule has 0 aliphatic heterocycles. The molecule has 3 aromatic rings. The summed E-state index contributed by atoms with van der Waals surface area (Å²) in [4.78, 5) is 16.3. The molecule has 0 aliphatic rings. The second kappa shape index (κ2) is 8.91. The number of rotatable bonds is 5. The third kappa shape index (κ3) is 5.32. The number of aromatic nitrogens is 1. The first kappa shape index (κ1) is 21.3. The van der Waals surface area contributed by atoms with E-state index in [0.29, 0.717) is 16.5 Å². The number of ether oxygens (including phenoxy) is 2. The Morgan fingerprint density at radius 1 is 1.07 bits per heavy atom. The zero-order valence-electron chi connectivity index (χ0n) is 15.5. The first-order valence-electron chi connectivity index (χ1n) is 8.48. The molecular formula is C20H15ClF3N3O3. The van der Waals surface area contributed by atoms with E-state index in [-0.39, 0.29) is 17.3 Å². The molecular weight excluding hydrogens is 423 g/mol. The van der Waals surface area contributed by atoms with E-state index in [1.54, 1.807) is 18.2 Å². The number of amides is 2. The Balaban J connectivity index is 1.74. The van der Waals surface area contributed by atoms with Crippen molar-refractivity contribution < 1.29 is 27.4 Å². The molecule has 0 saturated carbocycles. The van der Waals surface area contributed by atoms with Gasteiger partial charge in [-0.05, 0) is 48.5 Å². The van der Waals surface area contributed by atoms with E-state index >= 15 is 0 Å². The maximum absolute atomic E-state index is 12.9. The highest BCUT2D eigenvalue weighted by Gasteiger charge is 2.30. The normalized spacial score (nSPS) is 11.0. The molecule has 3 rings (SSSR count). The van der Waals surface area contributed by atoms with Crippen LogP contribution in [0.2, 0.25) is 5.02 Å². The number of benzene rings is 2. The molecule has 6 nitrogen and oxygen atoms in total. The van der Waals surface area contributed by atoms with Crippen LogP contribution in [0.15, 0.2) is 60.8 Å². The molecule has 2 N–H and O–H groups in total. The number of hydrogen-bond acceptors (Lipinski definition) is 4. The summed E-state index contributed by atoms with van der Waals surface area (Å²) in [5.41, 5.74) is -0.297. The molecule has 156 valence electrons. The zero-order valence-corrected chi connectivity index (χ0v) is 16.2. The van der Waals surface area contributed by atoms with Crippen molar-refractivity contribution in [2.75, 3.05) is 17.7 Å². The maximum atomic E-state index is 12.9. The van der Waals surface area contributed by atoms with Crippen LogP contribution in [-0.4, -0.2) is 18.1 Å². The molecule has 0 spiro atoms. The van der Waals surface area contributed by atoms with Gasteiger partial charge < -0.3 is 20.1 Å². The van der Waals surface area contributed by atoms with E-state index in [9.17, 15) is 18.0 Å². The van der Waals surface area contributed by atoms with Gasteiger partial charge in [0.15, 0.2) is 0 Å². The minimum atomic E-state index is -4.51. The van der Waals surface area contributed by atoms with Crippen LogP contribution in [0.4, 0.5) is 29.3 Å². The predicted octanol–water partition coefficient (Wildman–Crippen LogP) is 6.20. The topological polar surface area (TPSA) is 72.5 Å². The maximum Gasteiger partial charge on any atom is 0.416 e. The summed E-state index contributed by atoms with van der Waals surface area (Å²) in [5.74, 6) is 0.306. The summed E-state index contributed by atoms with van der Waals surface area (Å²) in [5, 5.41) is 5.43. The van der Waals surface area contributed by atoms with Crippen LogP contribution in [0, 0.1) is 0 Å². The van der Waals surface area contributed by atoms with E-state index in [1.807, 2.05) is 0 Å². The number of pyridine rings is 1. The van der Waals surface area contributed by atoms with Gasteiger partial charge in [0.2, 0.25) is 5.88 Å². The number of nitrogens with zero attached hydrogens (tertiary/aromatic N) is 1. The molecule has 2 amide bonds. The van der Waals surface area contributed by atoms with Gasteiger partial charge in [0.05, 0.1) is 17.7 Å².